The van der Waals surface area contributed by atoms with Crippen molar-refractivity contribution in [2.24, 2.45) is 0 Å². The molecular formula is C16H12FNO3S. The normalized spacial score (nSPS) is 12.5. The van der Waals surface area contributed by atoms with E-state index in [2.05, 4.69) is 5.16 Å². The molecule has 0 radical (unpaired) electrons. The number of nitrogens with zero attached hydrogens (tertiary/aromatic N) is 1. The van der Waals surface area contributed by atoms with Crippen molar-refractivity contribution in [3.63, 3.8) is 0 Å². The number of thioether (sulfide) groups is 1. The third kappa shape index (κ3) is 2.69. The Kier molecular flexibility index (Phi) is 3.85. The van der Waals surface area contributed by atoms with E-state index in [1.165, 1.54) is 17.8 Å². The van der Waals surface area contributed by atoms with Gasteiger partial charge in [0.25, 0.3) is 0 Å². The summed E-state index contributed by atoms with van der Waals surface area (Å²) in [5.41, 5.74) is 1.32. The lowest BCUT2D eigenvalue weighted by Gasteiger charge is -2.05. The number of carbonyl (C=O) groups is 1. The van der Waals surface area contributed by atoms with Gasteiger partial charge in [0.05, 0.1) is 0 Å². The second-order valence-corrected chi connectivity index (χ2v) is 6.18. The summed E-state index contributed by atoms with van der Waals surface area (Å²) in [7, 11) is 0. The lowest BCUT2D eigenvalue weighted by atomic mass is 10.1. The van der Waals surface area contributed by atoms with Crippen molar-refractivity contribution in [3.8, 4) is 11.3 Å². The fourth-order valence-electron chi connectivity index (χ4n) is 2.09. The Balaban J connectivity index is 2.00. The number of carboxylic acid groups (broad SMARTS) is 1. The van der Waals surface area contributed by atoms with Crippen LogP contribution >= 0.6 is 11.8 Å². The first-order valence-electron chi connectivity index (χ1n) is 6.60. The van der Waals surface area contributed by atoms with Crippen LogP contribution in [0.1, 0.15) is 6.92 Å². The number of aliphatic carboxylic acids is 1. The van der Waals surface area contributed by atoms with Crippen molar-refractivity contribution in [2.75, 3.05) is 0 Å². The number of carboxylic acids is 1. The molecule has 0 amide bonds. The van der Waals surface area contributed by atoms with E-state index in [4.69, 9.17) is 9.63 Å². The Labute approximate surface area is 129 Å². The van der Waals surface area contributed by atoms with Gasteiger partial charge in [0.1, 0.15) is 16.8 Å². The van der Waals surface area contributed by atoms with Crippen LogP contribution in [0.2, 0.25) is 0 Å². The Bertz CT molecular complexity index is 846. The van der Waals surface area contributed by atoms with E-state index in [0.29, 0.717) is 22.2 Å². The fourth-order valence-corrected chi connectivity index (χ4v) is 2.92. The number of aromatic nitrogens is 1. The minimum Gasteiger partial charge on any atom is -0.480 e. The van der Waals surface area contributed by atoms with Gasteiger partial charge in [-0.15, -0.1) is 11.8 Å². The maximum atomic E-state index is 13.9. The molecule has 0 spiro atoms. The van der Waals surface area contributed by atoms with Crippen LogP contribution in [0, 0.1) is 5.82 Å². The van der Waals surface area contributed by atoms with Gasteiger partial charge >= 0.3 is 5.97 Å². The predicted octanol–water partition coefficient (Wildman–Crippen LogP) is 4.20. The van der Waals surface area contributed by atoms with Gasteiger partial charge in [-0.1, -0.05) is 17.3 Å². The summed E-state index contributed by atoms with van der Waals surface area (Å²) >= 11 is 1.21. The molecule has 0 aliphatic carbocycles. The van der Waals surface area contributed by atoms with Crippen LogP contribution in [-0.2, 0) is 4.79 Å². The number of benzene rings is 2. The van der Waals surface area contributed by atoms with E-state index >= 15 is 0 Å². The first-order valence-corrected chi connectivity index (χ1v) is 7.48. The Morgan fingerprint density at radius 1 is 1.32 bits per heavy atom. The first kappa shape index (κ1) is 14.6. The Hall–Kier alpha value is -2.34. The van der Waals surface area contributed by atoms with Crippen molar-refractivity contribution >= 4 is 28.7 Å². The molecule has 0 saturated carbocycles. The van der Waals surface area contributed by atoms with Gasteiger partial charge in [-0.25, -0.2) is 4.39 Å². The molecule has 3 rings (SSSR count). The molecule has 22 heavy (non-hydrogen) atoms. The molecular weight excluding hydrogens is 305 g/mol. The van der Waals surface area contributed by atoms with E-state index in [9.17, 15) is 9.18 Å². The molecule has 112 valence electrons. The summed E-state index contributed by atoms with van der Waals surface area (Å²) in [6.07, 6.45) is 0. The molecule has 1 atom stereocenters. The minimum absolute atomic E-state index is 0.365. The van der Waals surface area contributed by atoms with E-state index in [0.717, 1.165) is 4.90 Å². The quantitative estimate of drug-likeness (QED) is 0.731. The van der Waals surface area contributed by atoms with Crippen molar-refractivity contribution < 1.29 is 18.8 Å². The SMILES string of the molecule is CC(Sc1ccc2c(-c3ccccc3F)noc2c1)C(=O)O. The van der Waals surface area contributed by atoms with Crippen molar-refractivity contribution in [1.82, 2.24) is 5.16 Å². The van der Waals surface area contributed by atoms with Crippen LogP contribution in [0.4, 0.5) is 4.39 Å². The van der Waals surface area contributed by atoms with Gasteiger partial charge in [-0.3, -0.25) is 4.79 Å². The number of halogens is 1. The molecule has 1 N–H and O–H groups in total. The van der Waals surface area contributed by atoms with E-state index < -0.39 is 11.2 Å². The number of fused-ring (bicyclic) bond motifs is 1. The average Bonchev–Trinajstić information content (AvgIpc) is 2.90. The van der Waals surface area contributed by atoms with Crippen LogP contribution in [0.15, 0.2) is 51.9 Å². The molecule has 0 aliphatic rings. The molecule has 1 unspecified atom stereocenters. The molecule has 4 nitrogen and oxygen atoms in total. The summed E-state index contributed by atoms with van der Waals surface area (Å²) in [5.74, 6) is -1.25. The average molecular weight is 317 g/mol. The van der Waals surface area contributed by atoms with Crippen LogP contribution < -0.4 is 0 Å². The molecule has 1 aromatic heterocycles. The van der Waals surface area contributed by atoms with Crippen LogP contribution in [0.5, 0.6) is 0 Å². The highest BCUT2D eigenvalue weighted by molar-refractivity contribution is 8.00. The van der Waals surface area contributed by atoms with Crippen molar-refractivity contribution in [3.05, 3.63) is 48.3 Å². The Morgan fingerprint density at radius 2 is 2.09 bits per heavy atom. The monoisotopic (exact) mass is 317 g/mol. The smallest absolute Gasteiger partial charge is 0.316 e. The van der Waals surface area contributed by atoms with E-state index in [-0.39, 0.29) is 5.82 Å². The molecule has 0 aliphatic heterocycles. The minimum atomic E-state index is -0.880. The van der Waals surface area contributed by atoms with Crippen LogP contribution in [-0.4, -0.2) is 21.5 Å². The summed E-state index contributed by atoms with van der Waals surface area (Å²) < 4.78 is 19.1. The summed E-state index contributed by atoms with van der Waals surface area (Å²) in [5, 5.41) is 13.0. The molecule has 0 fully saturated rings. The van der Waals surface area contributed by atoms with Crippen LogP contribution in [0.3, 0.4) is 0 Å². The third-order valence-corrected chi connectivity index (χ3v) is 4.31. The number of hydrogen-bond donors (Lipinski definition) is 1. The van der Waals surface area contributed by atoms with Crippen LogP contribution in [0.25, 0.3) is 22.2 Å². The lowest BCUT2D eigenvalue weighted by molar-refractivity contribution is -0.136. The molecule has 1 heterocycles. The molecule has 6 heteroatoms. The Morgan fingerprint density at radius 3 is 2.82 bits per heavy atom. The highest BCUT2D eigenvalue weighted by Gasteiger charge is 2.16. The van der Waals surface area contributed by atoms with Gasteiger partial charge in [0.2, 0.25) is 0 Å². The van der Waals surface area contributed by atoms with Gasteiger partial charge in [0.15, 0.2) is 5.58 Å². The molecule has 3 aromatic rings. The zero-order valence-corrected chi connectivity index (χ0v) is 12.4. The highest BCUT2D eigenvalue weighted by Crippen LogP contribution is 2.33. The standard InChI is InChI=1S/C16H12FNO3S/c1-9(16(19)20)22-10-6-7-12-14(8-10)21-18-15(12)11-4-2-3-5-13(11)17/h2-9H,1H3,(H,19,20). The summed E-state index contributed by atoms with van der Waals surface area (Å²) in [6.45, 7) is 1.61. The number of rotatable bonds is 4. The number of hydrogen-bond acceptors (Lipinski definition) is 4. The molecule has 0 bridgehead atoms. The third-order valence-electron chi connectivity index (χ3n) is 3.23. The maximum Gasteiger partial charge on any atom is 0.316 e. The highest BCUT2D eigenvalue weighted by atomic mass is 32.2. The zero-order chi connectivity index (χ0) is 15.7. The zero-order valence-electron chi connectivity index (χ0n) is 11.6. The van der Waals surface area contributed by atoms with Gasteiger partial charge in [-0.2, -0.15) is 0 Å². The summed E-state index contributed by atoms with van der Waals surface area (Å²) in [6, 6.07) is 11.6. The molecule has 2 aromatic carbocycles. The van der Waals surface area contributed by atoms with Crippen molar-refractivity contribution in [2.45, 2.75) is 17.1 Å². The fraction of sp³-hybridized carbons (Fsp3) is 0.125. The first-order chi connectivity index (χ1) is 10.6. The predicted molar refractivity (Wildman–Crippen MR) is 82.4 cm³/mol. The second kappa shape index (κ2) is 5.81. The van der Waals surface area contributed by atoms with Gasteiger partial charge in [0, 0.05) is 15.8 Å². The second-order valence-electron chi connectivity index (χ2n) is 4.77. The summed E-state index contributed by atoms with van der Waals surface area (Å²) in [4.78, 5) is 11.7. The maximum absolute atomic E-state index is 13.9. The van der Waals surface area contributed by atoms with Gasteiger partial charge < -0.3 is 9.63 Å². The lowest BCUT2D eigenvalue weighted by Crippen LogP contribution is -2.10. The van der Waals surface area contributed by atoms with Gasteiger partial charge in [-0.05, 0) is 37.3 Å². The topological polar surface area (TPSA) is 63.3 Å². The van der Waals surface area contributed by atoms with Crippen molar-refractivity contribution in [1.29, 1.82) is 0 Å². The molecule has 0 saturated heterocycles. The largest absolute Gasteiger partial charge is 0.480 e. The van der Waals surface area contributed by atoms with E-state index in [1.54, 1.807) is 43.3 Å². The van der Waals surface area contributed by atoms with E-state index in [1.807, 2.05) is 0 Å².